The van der Waals surface area contributed by atoms with E-state index in [1.54, 1.807) is 18.0 Å². The molecule has 0 radical (unpaired) electrons. The van der Waals surface area contributed by atoms with Crippen molar-refractivity contribution in [2.75, 3.05) is 31.5 Å². The third-order valence-electron chi connectivity index (χ3n) is 5.01. The van der Waals surface area contributed by atoms with Crippen molar-refractivity contribution in [3.05, 3.63) is 54.2 Å². The van der Waals surface area contributed by atoms with Crippen molar-refractivity contribution in [1.82, 2.24) is 15.2 Å². The van der Waals surface area contributed by atoms with E-state index < -0.39 is 0 Å². The van der Waals surface area contributed by atoms with Gasteiger partial charge in [0.15, 0.2) is 0 Å². The van der Waals surface area contributed by atoms with Gasteiger partial charge < -0.3 is 15.5 Å². The van der Waals surface area contributed by atoms with Crippen molar-refractivity contribution in [1.29, 1.82) is 0 Å². The van der Waals surface area contributed by atoms with Crippen LogP contribution in [0.15, 0.2) is 53.7 Å². The summed E-state index contributed by atoms with van der Waals surface area (Å²) < 4.78 is 0. The lowest BCUT2D eigenvalue weighted by molar-refractivity contribution is 0.182. The average molecular weight is 399 g/mol. The van der Waals surface area contributed by atoms with Gasteiger partial charge >= 0.3 is 6.03 Å². The van der Waals surface area contributed by atoms with Crippen molar-refractivity contribution in [3.63, 3.8) is 0 Å². The molecule has 2 amide bonds. The van der Waals surface area contributed by atoms with Gasteiger partial charge in [-0.25, -0.2) is 9.78 Å². The van der Waals surface area contributed by atoms with Crippen LogP contribution in [-0.2, 0) is 5.75 Å². The monoisotopic (exact) mass is 398 g/mol. The largest absolute Gasteiger partial charge is 0.338 e. The van der Waals surface area contributed by atoms with Crippen LogP contribution in [0.4, 0.5) is 10.5 Å². The number of benzene rings is 1. The van der Waals surface area contributed by atoms with E-state index in [-0.39, 0.29) is 6.03 Å². The Morgan fingerprint density at radius 1 is 1.21 bits per heavy atom. The lowest BCUT2D eigenvalue weighted by Gasteiger charge is -2.31. The number of pyridine rings is 1. The molecule has 6 heteroatoms. The van der Waals surface area contributed by atoms with Crippen molar-refractivity contribution in [2.24, 2.45) is 5.92 Å². The third-order valence-corrected chi connectivity index (χ3v) is 6.02. The molecule has 1 aromatic heterocycles. The molecule has 2 heterocycles. The van der Waals surface area contributed by atoms with Gasteiger partial charge in [0.05, 0.1) is 5.03 Å². The second-order valence-corrected chi connectivity index (χ2v) is 8.27. The Hall–Kier alpha value is -2.05. The van der Waals surface area contributed by atoms with Gasteiger partial charge in [-0.1, -0.05) is 25.1 Å². The fraction of sp³-hybridized carbons (Fsp3) is 0.455. The van der Waals surface area contributed by atoms with Crippen LogP contribution >= 0.6 is 11.8 Å². The molecular weight excluding hydrogens is 368 g/mol. The number of piperidine rings is 1. The maximum absolute atomic E-state index is 12.3. The number of nitrogens with one attached hydrogen (secondary N) is 2. The van der Waals surface area contributed by atoms with Gasteiger partial charge in [0.25, 0.3) is 0 Å². The van der Waals surface area contributed by atoms with Crippen LogP contribution in [-0.4, -0.2) is 42.1 Å². The van der Waals surface area contributed by atoms with E-state index in [1.807, 2.05) is 36.4 Å². The first-order valence-corrected chi connectivity index (χ1v) is 11.1. The van der Waals surface area contributed by atoms with E-state index in [9.17, 15) is 4.79 Å². The summed E-state index contributed by atoms with van der Waals surface area (Å²) in [5.41, 5.74) is 1.99. The van der Waals surface area contributed by atoms with E-state index in [1.165, 1.54) is 25.8 Å². The second-order valence-electron chi connectivity index (χ2n) is 7.28. The summed E-state index contributed by atoms with van der Waals surface area (Å²) in [6.45, 7) is 6.47. The molecule has 0 atom stereocenters. The highest BCUT2D eigenvalue weighted by atomic mass is 32.2. The molecule has 5 nitrogen and oxygen atoms in total. The topological polar surface area (TPSA) is 57.3 Å². The zero-order valence-corrected chi connectivity index (χ0v) is 17.4. The molecule has 0 saturated carbocycles. The summed E-state index contributed by atoms with van der Waals surface area (Å²) in [5.74, 6) is 1.41. The van der Waals surface area contributed by atoms with Crippen molar-refractivity contribution >= 4 is 23.5 Å². The highest BCUT2D eigenvalue weighted by Gasteiger charge is 2.18. The molecule has 0 bridgehead atoms. The second kappa shape index (κ2) is 11.1. The van der Waals surface area contributed by atoms with Crippen LogP contribution in [0, 0.1) is 5.92 Å². The Morgan fingerprint density at radius 2 is 2.07 bits per heavy atom. The number of nitrogens with zero attached hydrogens (tertiary/aromatic N) is 2. The predicted molar refractivity (Wildman–Crippen MR) is 117 cm³/mol. The van der Waals surface area contributed by atoms with Gasteiger partial charge in [0.1, 0.15) is 0 Å². The molecule has 3 rings (SSSR count). The molecule has 1 fully saturated rings. The molecule has 1 aromatic carbocycles. The number of hydrogen-bond acceptors (Lipinski definition) is 4. The highest BCUT2D eigenvalue weighted by molar-refractivity contribution is 7.98. The minimum Gasteiger partial charge on any atom is -0.338 e. The Kier molecular flexibility index (Phi) is 8.18. The summed E-state index contributed by atoms with van der Waals surface area (Å²) in [4.78, 5) is 19.1. The van der Waals surface area contributed by atoms with Gasteiger partial charge in [-0.15, -0.1) is 11.8 Å². The fourth-order valence-corrected chi connectivity index (χ4v) is 4.28. The first kappa shape index (κ1) is 20.7. The Labute approximate surface area is 172 Å². The lowest BCUT2D eigenvalue weighted by atomic mass is 9.97. The van der Waals surface area contributed by atoms with Gasteiger partial charge in [0.2, 0.25) is 0 Å². The molecule has 2 aromatic rings. The number of amides is 2. The van der Waals surface area contributed by atoms with E-state index in [4.69, 9.17) is 0 Å². The quantitative estimate of drug-likeness (QED) is 0.637. The predicted octanol–water partition coefficient (Wildman–Crippen LogP) is 4.62. The van der Waals surface area contributed by atoms with Gasteiger partial charge in [0, 0.05) is 24.2 Å². The molecule has 1 aliphatic heterocycles. The van der Waals surface area contributed by atoms with Crippen LogP contribution < -0.4 is 10.6 Å². The standard InChI is InChI=1S/C22H30N4OS/c1-2-12-26-13-9-18(10-14-26)16-24-22(27)25-20-7-5-6-19(15-20)17-28-21-8-3-4-11-23-21/h3-8,11,15,18H,2,9-10,12-14,16-17H2,1H3,(H2,24,25,27). The smallest absolute Gasteiger partial charge is 0.319 e. The maximum Gasteiger partial charge on any atom is 0.319 e. The number of thioether (sulfide) groups is 1. The molecule has 0 aliphatic carbocycles. The number of likely N-dealkylation sites (tertiary alicyclic amines) is 1. The molecular formula is C22H30N4OS. The molecule has 1 saturated heterocycles. The summed E-state index contributed by atoms with van der Waals surface area (Å²) >= 11 is 1.69. The lowest BCUT2D eigenvalue weighted by Crippen LogP contribution is -2.40. The third kappa shape index (κ3) is 6.84. The molecule has 28 heavy (non-hydrogen) atoms. The molecule has 0 spiro atoms. The number of anilines is 1. The fourth-order valence-electron chi connectivity index (χ4n) is 3.47. The summed E-state index contributed by atoms with van der Waals surface area (Å²) in [7, 11) is 0. The van der Waals surface area contributed by atoms with Crippen LogP contribution in [0.3, 0.4) is 0 Å². The van der Waals surface area contributed by atoms with E-state index in [0.717, 1.165) is 41.7 Å². The SMILES string of the molecule is CCCN1CCC(CNC(=O)Nc2cccc(CSc3ccccn3)c2)CC1. The van der Waals surface area contributed by atoms with Gasteiger partial charge in [-0.3, -0.25) is 0 Å². The molecule has 1 aliphatic rings. The number of urea groups is 1. The average Bonchev–Trinajstić information content (AvgIpc) is 2.73. The maximum atomic E-state index is 12.3. The number of carbonyl (C=O) groups is 1. The van der Waals surface area contributed by atoms with Crippen LogP contribution in [0.5, 0.6) is 0 Å². The van der Waals surface area contributed by atoms with E-state index in [2.05, 4.69) is 33.5 Å². The van der Waals surface area contributed by atoms with Crippen molar-refractivity contribution in [3.8, 4) is 0 Å². The zero-order valence-electron chi connectivity index (χ0n) is 16.6. The Bertz CT molecular complexity index is 732. The zero-order chi connectivity index (χ0) is 19.6. The summed E-state index contributed by atoms with van der Waals surface area (Å²) in [6.07, 6.45) is 5.35. The highest BCUT2D eigenvalue weighted by Crippen LogP contribution is 2.22. The number of hydrogen-bond donors (Lipinski definition) is 2. The summed E-state index contributed by atoms with van der Waals surface area (Å²) in [5, 5.41) is 7.01. The molecule has 2 N–H and O–H groups in total. The Balaban J connectivity index is 1.40. The van der Waals surface area contributed by atoms with E-state index in [0.29, 0.717) is 5.92 Å². The first-order chi connectivity index (χ1) is 13.7. The molecule has 0 unspecified atom stereocenters. The van der Waals surface area contributed by atoms with Crippen LogP contribution in [0.2, 0.25) is 0 Å². The summed E-state index contributed by atoms with van der Waals surface area (Å²) in [6, 6.07) is 13.8. The first-order valence-electron chi connectivity index (χ1n) is 10.1. The van der Waals surface area contributed by atoms with Crippen LogP contribution in [0.25, 0.3) is 0 Å². The van der Waals surface area contributed by atoms with Crippen molar-refractivity contribution < 1.29 is 4.79 Å². The van der Waals surface area contributed by atoms with Crippen molar-refractivity contribution in [2.45, 2.75) is 37.0 Å². The van der Waals surface area contributed by atoms with Crippen LogP contribution in [0.1, 0.15) is 31.7 Å². The molecule has 150 valence electrons. The Morgan fingerprint density at radius 3 is 2.82 bits per heavy atom. The van der Waals surface area contributed by atoms with Gasteiger partial charge in [-0.05, 0) is 74.6 Å². The minimum absolute atomic E-state index is 0.120. The normalized spacial score (nSPS) is 15.3. The number of carbonyl (C=O) groups excluding carboxylic acids is 1. The minimum atomic E-state index is -0.120. The van der Waals surface area contributed by atoms with E-state index >= 15 is 0 Å². The van der Waals surface area contributed by atoms with Gasteiger partial charge in [-0.2, -0.15) is 0 Å². The number of rotatable bonds is 8. The number of aromatic nitrogens is 1.